The first kappa shape index (κ1) is 7.04. The first-order valence-electron chi connectivity index (χ1n) is 1.79. The third-order valence-electron chi connectivity index (χ3n) is 0.391. The van der Waals surface area contributed by atoms with E-state index in [1.165, 1.54) is 0 Å². The summed E-state index contributed by atoms with van der Waals surface area (Å²) < 4.78 is 0. The molecule has 0 atom stereocenters. The van der Waals surface area contributed by atoms with E-state index >= 15 is 0 Å². The van der Waals surface area contributed by atoms with Crippen LogP contribution in [0.3, 0.4) is 0 Å². The van der Waals surface area contributed by atoms with Gasteiger partial charge in [-0.05, 0) is 18.5 Å². The molecule has 0 aliphatic rings. The molecule has 0 saturated carbocycles. The quantitative estimate of drug-likeness (QED) is 0.418. The molecule has 0 spiro atoms. The van der Waals surface area contributed by atoms with E-state index in [4.69, 9.17) is 5.73 Å². The van der Waals surface area contributed by atoms with Crippen molar-refractivity contribution >= 4 is 29.1 Å². The van der Waals surface area contributed by atoms with Gasteiger partial charge in [0.25, 0.3) is 0 Å². The van der Waals surface area contributed by atoms with E-state index in [0.29, 0.717) is 5.11 Å². The Kier molecular flexibility index (Phi) is 4.23. The van der Waals surface area contributed by atoms with Crippen LogP contribution in [0.4, 0.5) is 0 Å². The summed E-state index contributed by atoms with van der Waals surface area (Å²) in [7, 11) is 0. The van der Waals surface area contributed by atoms with E-state index in [0.717, 1.165) is 5.88 Å². The third-order valence-corrected chi connectivity index (χ3v) is 0.968. The molecule has 42 valence electrons. The first-order chi connectivity index (χ1) is 3.27. The van der Waals surface area contributed by atoms with Crippen molar-refractivity contribution < 1.29 is 0 Å². The highest BCUT2D eigenvalue weighted by atomic mass is 32.2. The van der Waals surface area contributed by atoms with Crippen LogP contribution in [-0.2, 0) is 0 Å². The van der Waals surface area contributed by atoms with Gasteiger partial charge >= 0.3 is 0 Å². The molecule has 0 unspecified atom stereocenters. The lowest BCUT2D eigenvalue weighted by Crippen LogP contribution is -2.28. The number of nitrogens with two attached hydrogens (primary N) is 1. The summed E-state index contributed by atoms with van der Waals surface area (Å²) in [6, 6.07) is 0. The second kappa shape index (κ2) is 4.21. The van der Waals surface area contributed by atoms with Crippen LogP contribution >= 0.6 is 24.0 Å². The maximum absolute atomic E-state index is 5.09. The minimum Gasteiger partial charge on any atom is -0.376 e. The van der Waals surface area contributed by atoms with Gasteiger partial charge in [-0.2, -0.15) is 0 Å². The van der Waals surface area contributed by atoms with Gasteiger partial charge in [-0.25, -0.2) is 0 Å². The molecule has 3 N–H and O–H groups in total. The summed E-state index contributed by atoms with van der Waals surface area (Å²) in [6.07, 6.45) is 1.98. The van der Waals surface area contributed by atoms with Crippen molar-refractivity contribution in [2.24, 2.45) is 5.73 Å². The second-order valence-electron chi connectivity index (χ2n) is 0.974. The minimum atomic E-state index is 0.370. The van der Waals surface area contributed by atoms with Crippen LogP contribution in [0, 0.1) is 0 Å². The van der Waals surface area contributed by atoms with Crippen LogP contribution in [0.1, 0.15) is 0 Å². The summed E-state index contributed by atoms with van der Waals surface area (Å²) in [5.41, 5.74) is 5.09. The SMILES string of the molecule is CSCNC(N)=S. The molecule has 0 heterocycles. The van der Waals surface area contributed by atoms with Crippen molar-refractivity contribution in [3.05, 3.63) is 0 Å². The van der Waals surface area contributed by atoms with Crippen LogP contribution in [0.15, 0.2) is 0 Å². The van der Waals surface area contributed by atoms with Gasteiger partial charge < -0.3 is 11.1 Å². The number of hydrogen-bond donors (Lipinski definition) is 2. The molecule has 0 rings (SSSR count). The molecule has 0 fully saturated rings. The Morgan fingerprint density at radius 1 is 2.00 bits per heavy atom. The highest BCUT2D eigenvalue weighted by Gasteiger charge is 1.79. The zero-order valence-corrected chi connectivity index (χ0v) is 5.73. The molecular formula is C3H8N2S2. The van der Waals surface area contributed by atoms with Crippen LogP contribution in [0.2, 0.25) is 0 Å². The summed E-state index contributed by atoms with van der Waals surface area (Å²) in [6.45, 7) is 0. The average Bonchev–Trinajstić information content (AvgIpc) is 1.61. The number of thiocarbonyl (C=S) groups is 1. The van der Waals surface area contributed by atoms with E-state index in [1.807, 2.05) is 6.26 Å². The van der Waals surface area contributed by atoms with Gasteiger partial charge in [0, 0.05) is 0 Å². The lowest BCUT2D eigenvalue weighted by atomic mass is 11.1. The van der Waals surface area contributed by atoms with Gasteiger partial charge in [0.1, 0.15) is 0 Å². The molecule has 0 aromatic carbocycles. The molecule has 0 radical (unpaired) electrons. The standard InChI is InChI=1S/C3H8N2S2/c1-7-2-5-3(4)6/h2H2,1H3,(H3,4,5,6). The summed E-state index contributed by atoms with van der Waals surface area (Å²) in [5.74, 6) is 0.801. The minimum absolute atomic E-state index is 0.370. The van der Waals surface area contributed by atoms with Gasteiger partial charge in [0.2, 0.25) is 0 Å². The van der Waals surface area contributed by atoms with E-state index < -0.39 is 0 Å². The van der Waals surface area contributed by atoms with Crippen molar-refractivity contribution in [3.8, 4) is 0 Å². The van der Waals surface area contributed by atoms with Crippen LogP contribution < -0.4 is 11.1 Å². The van der Waals surface area contributed by atoms with E-state index in [9.17, 15) is 0 Å². The Morgan fingerprint density at radius 2 is 2.57 bits per heavy atom. The van der Waals surface area contributed by atoms with Crippen LogP contribution in [-0.4, -0.2) is 17.2 Å². The predicted molar refractivity (Wildman–Crippen MR) is 38.3 cm³/mol. The van der Waals surface area contributed by atoms with Crippen molar-refractivity contribution in [1.82, 2.24) is 5.32 Å². The topological polar surface area (TPSA) is 38.0 Å². The molecule has 0 saturated heterocycles. The highest BCUT2D eigenvalue weighted by molar-refractivity contribution is 7.98. The summed E-state index contributed by atoms with van der Waals surface area (Å²) in [5, 5.41) is 3.14. The van der Waals surface area contributed by atoms with Crippen molar-refractivity contribution in [3.63, 3.8) is 0 Å². The number of hydrogen-bond acceptors (Lipinski definition) is 2. The predicted octanol–water partition coefficient (Wildman–Crippen LogP) is 0.140. The largest absolute Gasteiger partial charge is 0.376 e. The monoisotopic (exact) mass is 136 g/mol. The highest BCUT2D eigenvalue weighted by Crippen LogP contribution is 1.83. The second-order valence-corrected chi connectivity index (χ2v) is 2.28. The van der Waals surface area contributed by atoms with Gasteiger partial charge in [-0.1, -0.05) is 0 Å². The molecule has 0 aliphatic carbocycles. The maximum Gasteiger partial charge on any atom is 0.164 e. The summed E-state index contributed by atoms with van der Waals surface area (Å²) >= 11 is 6.17. The maximum atomic E-state index is 5.09. The fraction of sp³-hybridized carbons (Fsp3) is 0.667. The molecule has 2 nitrogen and oxygen atoms in total. The zero-order chi connectivity index (χ0) is 5.70. The number of nitrogens with one attached hydrogen (secondary N) is 1. The molecule has 0 aromatic heterocycles. The Morgan fingerprint density at radius 3 is 2.71 bits per heavy atom. The lowest BCUT2D eigenvalue weighted by molar-refractivity contribution is 1.14. The van der Waals surface area contributed by atoms with Crippen molar-refractivity contribution in [2.45, 2.75) is 0 Å². The smallest absolute Gasteiger partial charge is 0.164 e. The van der Waals surface area contributed by atoms with Crippen molar-refractivity contribution in [1.29, 1.82) is 0 Å². The molecule has 7 heavy (non-hydrogen) atoms. The zero-order valence-electron chi connectivity index (χ0n) is 4.10. The van der Waals surface area contributed by atoms with Gasteiger partial charge in [-0.3, -0.25) is 0 Å². The molecule has 0 bridgehead atoms. The third kappa shape index (κ3) is 6.04. The van der Waals surface area contributed by atoms with E-state index in [-0.39, 0.29) is 0 Å². The normalized spacial score (nSPS) is 8.14. The molecule has 0 amide bonds. The van der Waals surface area contributed by atoms with E-state index in [1.54, 1.807) is 11.8 Å². The summed E-state index contributed by atoms with van der Waals surface area (Å²) in [4.78, 5) is 0. The Hall–Kier alpha value is 0.0400. The van der Waals surface area contributed by atoms with Gasteiger partial charge in [0.05, 0.1) is 5.88 Å². The van der Waals surface area contributed by atoms with Crippen LogP contribution in [0.5, 0.6) is 0 Å². The Bertz CT molecular complexity index is 64.0. The molecule has 0 aromatic rings. The Balaban J connectivity index is 2.82. The Labute approximate surface area is 52.8 Å². The van der Waals surface area contributed by atoms with Gasteiger partial charge in [-0.15, -0.1) is 11.8 Å². The lowest BCUT2D eigenvalue weighted by Gasteiger charge is -1.96. The number of thioether (sulfide) groups is 1. The van der Waals surface area contributed by atoms with Crippen molar-refractivity contribution in [2.75, 3.05) is 12.1 Å². The molecule has 4 heteroatoms. The average molecular weight is 136 g/mol. The van der Waals surface area contributed by atoms with Crippen LogP contribution in [0.25, 0.3) is 0 Å². The number of rotatable bonds is 2. The van der Waals surface area contributed by atoms with E-state index in [2.05, 4.69) is 17.5 Å². The molecule has 0 aliphatic heterocycles. The fourth-order valence-corrected chi connectivity index (χ4v) is 0.607. The fourth-order valence-electron chi connectivity index (χ4n) is 0.143. The molecular weight excluding hydrogens is 128 g/mol. The van der Waals surface area contributed by atoms with Gasteiger partial charge in [0.15, 0.2) is 5.11 Å². The first-order valence-corrected chi connectivity index (χ1v) is 3.60.